The Morgan fingerprint density at radius 3 is 2.44 bits per heavy atom. The normalized spacial score (nSPS) is 13.2. The standard InChI is InChI=1S/C23H23N3O/c1-16-11-17(2)13-21(12-16)25-23(27)19-7-8-22(24-14-19)26-10-9-18-5-3-4-6-20(18)15-26/h3-8,11-14H,9-10,15H2,1-2H3,(H,25,27). The molecular formula is C23H23N3O. The molecule has 1 aliphatic rings. The lowest BCUT2D eigenvalue weighted by Crippen LogP contribution is -2.31. The van der Waals surface area contributed by atoms with Gasteiger partial charge in [-0.15, -0.1) is 0 Å². The minimum atomic E-state index is -0.136. The lowest BCUT2D eigenvalue weighted by molar-refractivity contribution is 0.102. The zero-order chi connectivity index (χ0) is 18.8. The predicted molar refractivity (Wildman–Crippen MR) is 109 cm³/mol. The highest BCUT2D eigenvalue weighted by atomic mass is 16.1. The van der Waals surface area contributed by atoms with Gasteiger partial charge in [0.25, 0.3) is 5.91 Å². The second-order valence-electron chi connectivity index (χ2n) is 7.18. The smallest absolute Gasteiger partial charge is 0.257 e. The molecule has 2 aromatic carbocycles. The highest BCUT2D eigenvalue weighted by molar-refractivity contribution is 6.04. The lowest BCUT2D eigenvalue weighted by atomic mass is 10.00. The van der Waals surface area contributed by atoms with Crippen LogP contribution in [0.2, 0.25) is 0 Å². The zero-order valence-electron chi connectivity index (χ0n) is 15.7. The maximum Gasteiger partial charge on any atom is 0.257 e. The second-order valence-corrected chi connectivity index (χ2v) is 7.18. The molecule has 0 fully saturated rings. The molecule has 3 aromatic rings. The van der Waals surface area contributed by atoms with E-state index in [1.54, 1.807) is 6.20 Å². The van der Waals surface area contributed by atoms with Gasteiger partial charge in [0, 0.05) is 25.0 Å². The second kappa shape index (κ2) is 7.23. The van der Waals surface area contributed by atoms with Crippen LogP contribution >= 0.6 is 0 Å². The van der Waals surface area contributed by atoms with E-state index >= 15 is 0 Å². The molecule has 136 valence electrons. The van der Waals surface area contributed by atoms with Gasteiger partial charge in [-0.3, -0.25) is 4.79 Å². The molecule has 4 nitrogen and oxygen atoms in total. The molecule has 0 radical (unpaired) electrons. The van der Waals surface area contributed by atoms with Crippen molar-refractivity contribution >= 4 is 17.4 Å². The van der Waals surface area contributed by atoms with Crippen molar-refractivity contribution in [1.29, 1.82) is 0 Å². The van der Waals surface area contributed by atoms with Crippen LogP contribution in [0.5, 0.6) is 0 Å². The first kappa shape index (κ1) is 17.3. The van der Waals surface area contributed by atoms with Crippen molar-refractivity contribution in [1.82, 2.24) is 4.98 Å². The summed E-state index contributed by atoms with van der Waals surface area (Å²) < 4.78 is 0. The summed E-state index contributed by atoms with van der Waals surface area (Å²) in [5.74, 6) is 0.774. The van der Waals surface area contributed by atoms with E-state index < -0.39 is 0 Å². The number of anilines is 2. The van der Waals surface area contributed by atoms with Crippen LogP contribution in [0.3, 0.4) is 0 Å². The van der Waals surface area contributed by atoms with Crippen molar-refractivity contribution in [2.45, 2.75) is 26.8 Å². The largest absolute Gasteiger partial charge is 0.352 e. The average molecular weight is 357 g/mol. The minimum absolute atomic E-state index is 0.136. The molecule has 0 aliphatic carbocycles. The third-order valence-corrected chi connectivity index (χ3v) is 4.94. The quantitative estimate of drug-likeness (QED) is 0.750. The van der Waals surface area contributed by atoms with Crippen LogP contribution in [0.1, 0.15) is 32.6 Å². The minimum Gasteiger partial charge on any atom is -0.352 e. The van der Waals surface area contributed by atoms with Crippen molar-refractivity contribution in [3.05, 3.63) is 88.6 Å². The van der Waals surface area contributed by atoms with Crippen LogP contribution in [0.25, 0.3) is 0 Å². The highest BCUT2D eigenvalue weighted by Crippen LogP contribution is 2.23. The third-order valence-electron chi connectivity index (χ3n) is 4.94. The number of nitrogens with one attached hydrogen (secondary N) is 1. The van der Waals surface area contributed by atoms with Gasteiger partial charge in [0.05, 0.1) is 5.56 Å². The summed E-state index contributed by atoms with van der Waals surface area (Å²) in [5, 5.41) is 2.96. The number of fused-ring (bicyclic) bond motifs is 1. The molecule has 1 aliphatic heterocycles. The third kappa shape index (κ3) is 3.85. The van der Waals surface area contributed by atoms with Crippen molar-refractivity contribution in [2.75, 3.05) is 16.8 Å². The molecular weight excluding hydrogens is 334 g/mol. The van der Waals surface area contributed by atoms with Gasteiger partial charge in [-0.1, -0.05) is 30.3 Å². The van der Waals surface area contributed by atoms with Gasteiger partial charge in [0.1, 0.15) is 5.82 Å². The first-order valence-electron chi connectivity index (χ1n) is 9.26. The first-order valence-corrected chi connectivity index (χ1v) is 9.26. The SMILES string of the molecule is Cc1cc(C)cc(NC(=O)c2ccc(N3CCc4ccccc4C3)nc2)c1. The maximum absolute atomic E-state index is 12.5. The number of hydrogen-bond acceptors (Lipinski definition) is 3. The van der Waals surface area contributed by atoms with Gasteiger partial charge in [-0.05, 0) is 66.8 Å². The number of benzene rings is 2. The summed E-state index contributed by atoms with van der Waals surface area (Å²) in [6, 6.07) is 18.4. The fourth-order valence-electron chi connectivity index (χ4n) is 3.65. The zero-order valence-corrected chi connectivity index (χ0v) is 15.7. The Kier molecular flexibility index (Phi) is 4.63. The van der Waals surface area contributed by atoms with Gasteiger partial charge >= 0.3 is 0 Å². The number of aromatic nitrogens is 1. The number of pyridine rings is 1. The molecule has 4 heteroatoms. The molecule has 4 rings (SSSR count). The van der Waals surface area contributed by atoms with Crippen LogP contribution in [0, 0.1) is 13.8 Å². The summed E-state index contributed by atoms with van der Waals surface area (Å²) in [6.45, 7) is 5.85. The number of rotatable bonds is 3. The predicted octanol–water partition coefficient (Wildman–Crippen LogP) is 4.51. The molecule has 2 heterocycles. The van der Waals surface area contributed by atoms with E-state index in [4.69, 9.17) is 0 Å². The van der Waals surface area contributed by atoms with Gasteiger partial charge in [0.15, 0.2) is 0 Å². The van der Waals surface area contributed by atoms with E-state index in [9.17, 15) is 4.79 Å². The van der Waals surface area contributed by atoms with Crippen LogP contribution in [0.4, 0.5) is 11.5 Å². The van der Waals surface area contributed by atoms with E-state index in [1.165, 1.54) is 11.1 Å². The molecule has 1 aromatic heterocycles. The van der Waals surface area contributed by atoms with E-state index in [0.29, 0.717) is 5.56 Å². The van der Waals surface area contributed by atoms with Crippen LogP contribution in [-0.4, -0.2) is 17.4 Å². The van der Waals surface area contributed by atoms with Crippen LogP contribution in [-0.2, 0) is 13.0 Å². The van der Waals surface area contributed by atoms with Crippen molar-refractivity contribution in [3.8, 4) is 0 Å². The molecule has 27 heavy (non-hydrogen) atoms. The first-order chi connectivity index (χ1) is 13.1. The Bertz CT molecular complexity index is 959. The number of carbonyl (C=O) groups is 1. The molecule has 0 saturated carbocycles. The Labute approximate surface area is 159 Å². The Hall–Kier alpha value is -3.14. The molecule has 1 amide bonds. The molecule has 0 saturated heterocycles. The van der Waals surface area contributed by atoms with E-state index in [-0.39, 0.29) is 5.91 Å². The summed E-state index contributed by atoms with van der Waals surface area (Å²) >= 11 is 0. The summed E-state index contributed by atoms with van der Waals surface area (Å²) in [6.07, 6.45) is 2.68. The monoisotopic (exact) mass is 357 g/mol. The molecule has 0 spiro atoms. The summed E-state index contributed by atoms with van der Waals surface area (Å²) in [7, 11) is 0. The Balaban J connectivity index is 1.47. The number of amides is 1. The summed E-state index contributed by atoms with van der Waals surface area (Å²) in [5.41, 5.74) is 6.40. The van der Waals surface area contributed by atoms with Crippen molar-refractivity contribution < 1.29 is 4.79 Å². The van der Waals surface area contributed by atoms with Gasteiger partial charge in [-0.2, -0.15) is 0 Å². The molecule has 0 atom stereocenters. The van der Waals surface area contributed by atoms with E-state index in [1.807, 2.05) is 38.1 Å². The van der Waals surface area contributed by atoms with Gasteiger partial charge in [-0.25, -0.2) is 4.98 Å². The Morgan fingerprint density at radius 1 is 1.00 bits per heavy atom. The van der Waals surface area contributed by atoms with Gasteiger partial charge in [0.2, 0.25) is 0 Å². The maximum atomic E-state index is 12.5. The average Bonchev–Trinajstić information content (AvgIpc) is 2.67. The Morgan fingerprint density at radius 2 is 1.74 bits per heavy atom. The topological polar surface area (TPSA) is 45.2 Å². The van der Waals surface area contributed by atoms with E-state index in [2.05, 4.69) is 45.5 Å². The number of nitrogens with zero attached hydrogens (tertiary/aromatic N) is 2. The van der Waals surface area contributed by atoms with Crippen LogP contribution < -0.4 is 10.2 Å². The summed E-state index contributed by atoms with van der Waals surface area (Å²) in [4.78, 5) is 19.3. The van der Waals surface area contributed by atoms with Gasteiger partial charge < -0.3 is 10.2 Å². The lowest BCUT2D eigenvalue weighted by Gasteiger charge is -2.29. The van der Waals surface area contributed by atoms with Crippen molar-refractivity contribution in [3.63, 3.8) is 0 Å². The van der Waals surface area contributed by atoms with E-state index in [0.717, 1.165) is 42.1 Å². The van der Waals surface area contributed by atoms with Crippen molar-refractivity contribution in [2.24, 2.45) is 0 Å². The molecule has 1 N–H and O–H groups in total. The highest BCUT2D eigenvalue weighted by Gasteiger charge is 2.17. The fraction of sp³-hybridized carbons (Fsp3) is 0.217. The fourth-order valence-corrected chi connectivity index (χ4v) is 3.65. The number of aryl methyl sites for hydroxylation is 2. The van der Waals surface area contributed by atoms with Crippen LogP contribution in [0.15, 0.2) is 60.8 Å². The molecule has 0 bridgehead atoms. The molecule has 0 unspecified atom stereocenters. The number of carbonyl (C=O) groups excluding carboxylic acids is 1. The number of hydrogen-bond donors (Lipinski definition) is 1.